The zero-order valence-corrected chi connectivity index (χ0v) is 24.4. The Hall–Kier alpha value is -1.33. The van der Waals surface area contributed by atoms with Gasteiger partial charge in [0.15, 0.2) is 8.32 Å². The van der Waals surface area contributed by atoms with Gasteiger partial charge in [0.1, 0.15) is 12.4 Å². The van der Waals surface area contributed by atoms with Crippen molar-refractivity contribution in [1.29, 1.82) is 0 Å². The number of sulfonamides is 1. The second-order valence-electron chi connectivity index (χ2n) is 9.14. The molecule has 1 saturated heterocycles. The van der Waals surface area contributed by atoms with E-state index in [0.29, 0.717) is 12.2 Å². The van der Waals surface area contributed by atoms with Crippen molar-refractivity contribution in [3.8, 4) is 5.75 Å². The number of ether oxygens (including phenoxy) is 2. The number of rotatable bonds is 13. The number of alkyl halides is 1. The Bertz CT molecular complexity index is 905. The number of halogens is 1. The van der Waals surface area contributed by atoms with Crippen molar-refractivity contribution < 1.29 is 27.1 Å². The van der Waals surface area contributed by atoms with Crippen molar-refractivity contribution in [2.24, 2.45) is 0 Å². The van der Waals surface area contributed by atoms with Crippen molar-refractivity contribution in [3.63, 3.8) is 0 Å². The average molecular weight is 549 g/mol. The molecule has 0 aliphatic carbocycles. The van der Waals surface area contributed by atoms with Gasteiger partial charge in [-0.1, -0.05) is 32.9 Å². The van der Waals surface area contributed by atoms with Crippen molar-refractivity contribution in [3.05, 3.63) is 29.8 Å². The van der Waals surface area contributed by atoms with Gasteiger partial charge in [-0.3, -0.25) is 4.90 Å². The molecule has 1 aromatic rings. The van der Waals surface area contributed by atoms with Gasteiger partial charge in [-0.2, -0.15) is 4.31 Å². The summed E-state index contributed by atoms with van der Waals surface area (Å²) in [5.41, 5.74) is 0.839. The van der Waals surface area contributed by atoms with Crippen molar-refractivity contribution >= 4 is 36.0 Å². The molecule has 1 aliphatic heterocycles. The summed E-state index contributed by atoms with van der Waals surface area (Å²) in [6.07, 6.45) is 1.23. The molecule has 0 aromatic heterocycles. The van der Waals surface area contributed by atoms with E-state index in [1.165, 1.54) is 10.6 Å². The zero-order valence-electron chi connectivity index (χ0n) is 21.8. The van der Waals surface area contributed by atoms with Crippen LogP contribution in [-0.4, -0.2) is 82.6 Å². The van der Waals surface area contributed by atoms with Crippen molar-refractivity contribution in [2.75, 3.05) is 32.5 Å². The lowest BCUT2D eigenvalue weighted by Crippen LogP contribution is -2.53. The predicted molar refractivity (Wildman–Crippen MR) is 142 cm³/mol. The normalized spacial score (nSPS) is 20.9. The Balaban J connectivity index is 2.42. The molecule has 11 heteroatoms. The Labute approximate surface area is 217 Å². The van der Waals surface area contributed by atoms with Crippen LogP contribution in [0.5, 0.6) is 5.75 Å². The highest BCUT2D eigenvalue weighted by molar-refractivity contribution is 7.88. The molecule has 0 N–H and O–H groups in total. The smallest absolute Gasteiger partial charge is 0.410 e. The SMILES string of the molecule is CC[Si](CC)(CC)OC[C@H]1[C@@H](N(Cc2ccc(OC)cc2)S(C)(=O)=O)C[C@@H](C)N1C(=O)OCCCl. The summed E-state index contributed by atoms with van der Waals surface area (Å²) in [6, 6.07) is 9.12. The second kappa shape index (κ2) is 13.3. The molecule has 1 heterocycles. The van der Waals surface area contributed by atoms with Gasteiger partial charge in [-0.25, -0.2) is 13.2 Å². The number of likely N-dealkylation sites (tertiary alicyclic amines) is 1. The molecule has 200 valence electrons. The number of hydrogen-bond donors (Lipinski definition) is 0. The van der Waals surface area contributed by atoms with Gasteiger partial charge >= 0.3 is 6.09 Å². The molecular formula is C24H41ClN2O6SSi. The van der Waals surface area contributed by atoms with Crippen LogP contribution in [0, 0.1) is 0 Å². The van der Waals surface area contributed by atoms with Crippen LogP contribution in [-0.2, 0) is 25.7 Å². The quantitative estimate of drug-likeness (QED) is 0.263. The van der Waals surface area contributed by atoms with Crippen LogP contribution >= 0.6 is 11.6 Å². The Morgan fingerprint density at radius 2 is 1.77 bits per heavy atom. The molecule has 0 bridgehead atoms. The predicted octanol–water partition coefficient (Wildman–Crippen LogP) is 4.69. The summed E-state index contributed by atoms with van der Waals surface area (Å²) < 4.78 is 44.8. The topological polar surface area (TPSA) is 85.4 Å². The maximum Gasteiger partial charge on any atom is 0.410 e. The monoisotopic (exact) mass is 548 g/mol. The highest BCUT2D eigenvalue weighted by atomic mass is 35.5. The Kier molecular flexibility index (Phi) is 11.3. The number of benzene rings is 1. The lowest BCUT2D eigenvalue weighted by atomic mass is 10.1. The van der Waals surface area contributed by atoms with Crippen LogP contribution in [0.3, 0.4) is 0 Å². The fraction of sp³-hybridized carbons (Fsp3) is 0.708. The number of hydrogen-bond acceptors (Lipinski definition) is 6. The van der Waals surface area contributed by atoms with E-state index in [-0.39, 0.29) is 31.7 Å². The summed E-state index contributed by atoms with van der Waals surface area (Å²) >= 11 is 5.74. The molecule has 8 nitrogen and oxygen atoms in total. The molecule has 3 atom stereocenters. The first kappa shape index (κ1) is 29.9. The maximum absolute atomic E-state index is 13.0. The van der Waals surface area contributed by atoms with Gasteiger partial charge in [-0.15, -0.1) is 11.6 Å². The first-order chi connectivity index (χ1) is 16.6. The molecule has 1 amide bonds. The number of carbonyl (C=O) groups excluding carboxylic acids is 1. The molecule has 0 spiro atoms. The van der Waals surface area contributed by atoms with E-state index in [1.54, 1.807) is 12.0 Å². The molecule has 1 fully saturated rings. The van der Waals surface area contributed by atoms with Crippen molar-refractivity contribution in [1.82, 2.24) is 9.21 Å². The van der Waals surface area contributed by atoms with Crippen molar-refractivity contribution in [2.45, 2.75) is 76.9 Å². The lowest BCUT2D eigenvalue weighted by molar-refractivity contribution is 0.0693. The van der Waals surface area contributed by atoms with E-state index in [9.17, 15) is 13.2 Å². The highest BCUT2D eigenvalue weighted by Gasteiger charge is 2.48. The number of amides is 1. The third-order valence-electron chi connectivity index (χ3n) is 7.16. The van der Waals surface area contributed by atoms with E-state index in [2.05, 4.69) is 20.8 Å². The van der Waals surface area contributed by atoms with Gasteiger partial charge in [0.25, 0.3) is 0 Å². The second-order valence-corrected chi connectivity index (χ2v) is 16.2. The van der Waals surface area contributed by atoms with Gasteiger partial charge in [0.2, 0.25) is 10.0 Å². The molecule has 1 aliphatic rings. The molecular weight excluding hydrogens is 508 g/mol. The number of carbonyl (C=O) groups is 1. The summed E-state index contributed by atoms with van der Waals surface area (Å²) in [5, 5.41) is 0. The van der Waals surface area contributed by atoms with Crippen LogP contribution < -0.4 is 4.74 Å². The van der Waals surface area contributed by atoms with E-state index < -0.39 is 36.5 Å². The molecule has 0 radical (unpaired) electrons. The van der Waals surface area contributed by atoms with Gasteiger partial charge in [-0.05, 0) is 49.2 Å². The van der Waals surface area contributed by atoms with Crippen LogP contribution in [0.15, 0.2) is 24.3 Å². The fourth-order valence-electron chi connectivity index (χ4n) is 4.86. The van der Waals surface area contributed by atoms with E-state index in [1.807, 2.05) is 31.2 Å². The van der Waals surface area contributed by atoms with Gasteiger partial charge in [0, 0.05) is 18.6 Å². The minimum atomic E-state index is -3.60. The minimum absolute atomic E-state index is 0.0983. The first-order valence-corrected chi connectivity index (χ1v) is 17.2. The van der Waals surface area contributed by atoms with Gasteiger partial charge < -0.3 is 13.9 Å². The third kappa shape index (κ3) is 7.58. The molecule has 2 rings (SSSR count). The van der Waals surface area contributed by atoms with Crippen LogP contribution in [0.2, 0.25) is 18.1 Å². The summed E-state index contributed by atoms with van der Waals surface area (Å²) in [7, 11) is -3.98. The number of nitrogens with zero attached hydrogens (tertiary/aromatic N) is 2. The van der Waals surface area contributed by atoms with Crippen LogP contribution in [0.25, 0.3) is 0 Å². The summed E-state index contributed by atoms with van der Waals surface area (Å²) in [5.74, 6) is 0.900. The highest BCUT2D eigenvalue weighted by Crippen LogP contribution is 2.34. The molecule has 0 saturated carbocycles. The molecule has 0 unspecified atom stereocenters. The minimum Gasteiger partial charge on any atom is -0.497 e. The van der Waals surface area contributed by atoms with Crippen LogP contribution in [0.1, 0.15) is 39.7 Å². The van der Waals surface area contributed by atoms with Crippen LogP contribution in [0.4, 0.5) is 4.79 Å². The number of methoxy groups -OCH3 is 1. The zero-order chi connectivity index (χ0) is 26.2. The maximum atomic E-state index is 13.0. The lowest BCUT2D eigenvalue weighted by Gasteiger charge is -2.37. The Morgan fingerprint density at radius 1 is 1.17 bits per heavy atom. The largest absolute Gasteiger partial charge is 0.497 e. The Morgan fingerprint density at radius 3 is 2.26 bits per heavy atom. The summed E-state index contributed by atoms with van der Waals surface area (Å²) in [4.78, 5) is 14.7. The van der Waals surface area contributed by atoms with E-state index in [4.69, 9.17) is 25.5 Å². The third-order valence-corrected chi connectivity index (χ3v) is 13.2. The van der Waals surface area contributed by atoms with E-state index in [0.717, 1.165) is 23.7 Å². The first-order valence-electron chi connectivity index (χ1n) is 12.3. The average Bonchev–Trinajstić information content (AvgIpc) is 3.17. The van der Waals surface area contributed by atoms with Gasteiger partial charge in [0.05, 0.1) is 31.9 Å². The molecule has 1 aromatic carbocycles. The fourth-order valence-corrected chi connectivity index (χ4v) is 8.67. The summed E-state index contributed by atoms with van der Waals surface area (Å²) in [6.45, 7) is 8.93. The molecule has 35 heavy (non-hydrogen) atoms. The standard InChI is InChI=1S/C24H41ClN2O6SSi/c1-7-35(8-2,9-3)33-18-23-22(16-19(4)27(23)24(28)32-15-14-25)26(34(6,29)30)17-20-10-12-21(31-5)13-11-20/h10-13,19,22-23H,7-9,14-18H2,1-6H3/t19-,22+,23+/m1/s1. The van der Waals surface area contributed by atoms with E-state index >= 15 is 0 Å².